The van der Waals surface area contributed by atoms with E-state index in [-0.39, 0.29) is 6.61 Å². The number of para-hydroxylation sites is 1. The molecule has 156 valence electrons. The molecule has 0 radical (unpaired) electrons. The van der Waals surface area contributed by atoms with Crippen LogP contribution in [0.4, 0.5) is 0 Å². The molecule has 0 saturated heterocycles. The third kappa shape index (κ3) is 4.77. The average molecular weight is 434 g/mol. The number of aromatic nitrogens is 2. The number of halogens is 1. The molecule has 1 heterocycles. The summed E-state index contributed by atoms with van der Waals surface area (Å²) >= 11 is 6.14. The summed E-state index contributed by atoms with van der Waals surface area (Å²) < 4.78 is 6.90. The molecule has 0 aliphatic carbocycles. The van der Waals surface area contributed by atoms with E-state index in [1.807, 2.05) is 72.8 Å². The summed E-state index contributed by atoms with van der Waals surface area (Å²) in [4.78, 5) is 18.4. The van der Waals surface area contributed by atoms with Gasteiger partial charge in [0.1, 0.15) is 18.1 Å². The number of benzene rings is 3. The second-order valence-corrected chi connectivity index (χ2v) is 7.12. The molecule has 0 spiro atoms. The van der Waals surface area contributed by atoms with E-state index in [1.54, 1.807) is 24.1 Å². The molecule has 31 heavy (non-hydrogen) atoms. The number of hydrogen-bond donors (Lipinski definition) is 1. The molecule has 4 aromatic rings. The van der Waals surface area contributed by atoms with Gasteiger partial charge in [-0.25, -0.2) is 10.2 Å². The van der Waals surface area contributed by atoms with E-state index in [0.717, 1.165) is 22.6 Å². The van der Waals surface area contributed by atoms with Crippen LogP contribution in [-0.2, 0) is 11.4 Å². The summed E-state index contributed by atoms with van der Waals surface area (Å²) in [5.74, 6) is 0.320. The van der Waals surface area contributed by atoms with Gasteiger partial charge in [0.25, 0.3) is 5.91 Å². The summed E-state index contributed by atoms with van der Waals surface area (Å²) in [6, 6.07) is 24.3. The van der Waals surface area contributed by atoms with Crippen molar-refractivity contribution in [2.45, 2.75) is 6.61 Å². The highest BCUT2D eigenvalue weighted by Crippen LogP contribution is 2.26. The number of hydrogen-bond acceptors (Lipinski definition) is 4. The van der Waals surface area contributed by atoms with E-state index in [4.69, 9.17) is 21.2 Å². The number of ether oxygens (including phenoxy) is 1. The molecular formula is C24H20ClN3O3. The molecule has 0 unspecified atom stereocenters. The maximum atomic E-state index is 12.9. The zero-order valence-electron chi connectivity index (χ0n) is 16.8. The molecule has 1 aromatic heterocycles. The third-order valence-corrected chi connectivity index (χ3v) is 5.06. The first-order valence-corrected chi connectivity index (χ1v) is 9.98. The van der Waals surface area contributed by atoms with Gasteiger partial charge in [0.15, 0.2) is 0 Å². The smallest absolute Gasteiger partial charge is 0.278 e. The van der Waals surface area contributed by atoms with Crippen LogP contribution in [0.2, 0.25) is 5.02 Å². The van der Waals surface area contributed by atoms with E-state index >= 15 is 0 Å². The summed E-state index contributed by atoms with van der Waals surface area (Å²) in [5, 5.41) is 5.22. The first kappa shape index (κ1) is 20.7. The van der Waals surface area contributed by atoms with E-state index in [1.165, 1.54) is 0 Å². The highest BCUT2D eigenvalue weighted by Gasteiger charge is 2.19. The molecule has 3 aromatic carbocycles. The van der Waals surface area contributed by atoms with E-state index < -0.39 is 5.91 Å². The maximum absolute atomic E-state index is 12.9. The molecule has 0 fully saturated rings. The van der Waals surface area contributed by atoms with Gasteiger partial charge in [-0.15, -0.1) is 0 Å². The molecule has 4 rings (SSSR count). The van der Waals surface area contributed by atoms with Crippen LogP contribution >= 0.6 is 11.6 Å². The molecule has 1 N–H and O–H groups in total. The summed E-state index contributed by atoms with van der Waals surface area (Å²) in [5.41, 5.74) is 5.81. The fourth-order valence-corrected chi connectivity index (χ4v) is 3.26. The van der Waals surface area contributed by atoms with Gasteiger partial charge < -0.3 is 4.74 Å². The Morgan fingerprint density at radius 2 is 1.71 bits per heavy atom. The Morgan fingerprint density at radius 3 is 2.42 bits per heavy atom. The van der Waals surface area contributed by atoms with Crippen LogP contribution in [-0.4, -0.2) is 22.8 Å². The van der Waals surface area contributed by atoms with Crippen molar-refractivity contribution in [1.29, 1.82) is 0 Å². The molecular weight excluding hydrogens is 414 g/mol. The van der Waals surface area contributed by atoms with Crippen LogP contribution in [0.1, 0.15) is 15.9 Å². The summed E-state index contributed by atoms with van der Waals surface area (Å²) in [6.45, 7) is 0.149. The first-order valence-electron chi connectivity index (χ1n) is 9.61. The molecule has 0 saturated carbocycles. The molecule has 0 atom stereocenters. The number of carbonyl (C=O) groups excluding carboxylic acids is 1. The van der Waals surface area contributed by atoms with Crippen molar-refractivity contribution in [3.05, 3.63) is 101 Å². The number of hydroxylamine groups is 1. The number of nitrogens with zero attached hydrogens (tertiary/aromatic N) is 2. The number of rotatable bonds is 7. The van der Waals surface area contributed by atoms with Gasteiger partial charge in [-0.05, 0) is 48.0 Å². The Kier molecular flexibility index (Phi) is 6.31. The predicted molar refractivity (Wildman–Crippen MR) is 119 cm³/mol. The lowest BCUT2D eigenvalue weighted by molar-refractivity contribution is 0.0234. The molecule has 1 amide bonds. The van der Waals surface area contributed by atoms with Gasteiger partial charge in [0, 0.05) is 16.8 Å². The minimum Gasteiger partial charge on any atom is -0.497 e. The van der Waals surface area contributed by atoms with Gasteiger partial charge in [0.2, 0.25) is 0 Å². The van der Waals surface area contributed by atoms with Crippen molar-refractivity contribution in [2.24, 2.45) is 0 Å². The fourth-order valence-electron chi connectivity index (χ4n) is 3.06. The quantitative estimate of drug-likeness (QED) is 0.413. The summed E-state index contributed by atoms with van der Waals surface area (Å²) in [6.07, 6.45) is 1.68. The van der Waals surface area contributed by atoms with Crippen molar-refractivity contribution < 1.29 is 14.4 Å². The van der Waals surface area contributed by atoms with E-state index in [0.29, 0.717) is 16.3 Å². The second kappa shape index (κ2) is 9.47. The Morgan fingerprint density at radius 1 is 1.00 bits per heavy atom. The Bertz CT molecular complexity index is 1170. The Balaban J connectivity index is 1.60. The lowest BCUT2D eigenvalue weighted by atomic mass is 10.1. The minimum atomic E-state index is -0.403. The topological polar surface area (TPSA) is 65.4 Å². The van der Waals surface area contributed by atoms with Gasteiger partial charge in [-0.1, -0.05) is 48.0 Å². The molecule has 0 bridgehead atoms. The van der Waals surface area contributed by atoms with Crippen molar-refractivity contribution in [1.82, 2.24) is 15.3 Å². The van der Waals surface area contributed by atoms with Gasteiger partial charge >= 0.3 is 0 Å². The summed E-state index contributed by atoms with van der Waals surface area (Å²) in [7, 11) is 1.61. The highest BCUT2D eigenvalue weighted by atomic mass is 35.5. The molecule has 0 aliphatic heterocycles. The maximum Gasteiger partial charge on any atom is 0.278 e. The Hall–Kier alpha value is -3.61. The van der Waals surface area contributed by atoms with E-state index in [9.17, 15) is 4.79 Å². The SMILES string of the molecule is COc1ccc(-c2nn(-c3ccccc3)cc2C(=O)NOCc2ccccc2Cl)cc1. The van der Waals surface area contributed by atoms with Crippen molar-refractivity contribution in [2.75, 3.05) is 7.11 Å². The largest absolute Gasteiger partial charge is 0.497 e. The van der Waals surface area contributed by atoms with Crippen LogP contribution in [0.5, 0.6) is 5.75 Å². The highest BCUT2D eigenvalue weighted by molar-refractivity contribution is 6.31. The minimum absolute atomic E-state index is 0.149. The zero-order valence-corrected chi connectivity index (χ0v) is 17.5. The van der Waals surface area contributed by atoms with Gasteiger partial charge in [-0.2, -0.15) is 5.10 Å². The van der Waals surface area contributed by atoms with Crippen molar-refractivity contribution in [3.63, 3.8) is 0 Å². The number of nitrogens with one attached hydrogen (secondary N) is 1. The first-order chi connectivity index (χ1) is 15.2. The Labute approximate surface area is 185 Å². The van der Waals surface area contributed by atoms with Crippen molar-refractivity contribution >= 4 is 17.5 Å². The number of carbonyl (C=O) groups is 1. The molecule has 6 nitrogen and oxygen atoms in total. The normalized spacial score (nSPS) is 10.6. The predicted octanol–water partition coefficient (Wildman–Crippen LogP) is 5.06. The van der Waals surface area contributed by atoms with Crippen LogP contribution < -0.4 is 10.2 Å². The monoisotopic (exact) mass is 433 g/mol. The molecule has 7 heteroatoms. The van der Waals surface area contributed by atoms with Crippen LogP contribution in [0.25, 0.3) is 16.9 Å². The lowest BCUT2D eigenvalue weighted by Crippen LogP contribution is -2.23. The van der Waals surface area contributed by atoms with Crippen LogP contribution in [0.3, 0.4) is 0 Å². The lowest BCUT2D eigenvalue weighted by Gasteiger charge is -2.07. The number of amides is 1. The average Bonchev–Trinajstić information content (AvgIpc) is 3.26. The zero-order chi connectivity index (χ0) is 21.6. The number of methoxy groups -OCH3 is 1. The van der Waals surface area contributed by atoms with Gasteiger partial charge in [0.05, 0.1) is 18.4 Å². The second-order valence-electron chi connectivity index (χ2n) is 6.71. The standard InChI is InChI=1S/C24H20ClN3O3/c1-30-20-13-11-17(12-14-20)23-21(15-28(26-23)19-8-3-2-4-9-19)24(29)27-31-16-18-7-5-6-10-22(18)25/h2-15H,16H2,1H3,(H,27,29). The van der Waals surface area contributed by atoms with Crippen LogP contribution in [0, 0.1) is 0 Å². The van der Waals surface area contributed by atoms with Crippen LogP contribution in [0.15, 0.2) is 85.1 Å². The van der Waals surface area contributed by atoms with Crippen molar-refractivity contribution in [3.8, 4) is 22.7 Å². The van der Waals surface area contributed by atoms with Gasteiger partial charge in [-0.3, -0.25) is 9.63 Å². The van der Waals surface area contributed by atoms with E-state index in [2.05, 4.69) is 10.6 Å². The third-order valence-electron chi connectivity index (χ3n) is 4.69. The molecule has 0 aliphatic rings. The fraction of sp³-hybridized carbons (Fsp3) is 0.0833.